The van der Waals surface area contributed by atoms with E-state index >= 15 is 0 Å². The predicted octanol–water partition coefficient (Wildman–Crippen LogP) is 3.58. The molecule has 1 unspecified atom stereocenters. The summed E-state index contributed by atoms with van der Waals surface area (Å²) in [5.74, 6) is 2.16. The van der Waals surface area contributed by atoms with Gasteiger partial charge in [-0.15, -0.1) is 11.6 Å². The number of aromatic nitrogens is 4. The summed E-state index contributed by atoms with van der Waals surface area (Å²) >= 11 is 6.28. The third kappa shape index (κ3) is 2.65. The van der Waals surface area contributed by atoms with Crippen LogP contribution >= 0.6 is 11.6 Å². The first-order chi connectivity index (χ1) is 10.1. The van der Waals surface area contributed by atoms with Crippen molar-refractivity contribution in [3.63, 3.8) is 0 Å². The molecule has 2 heterocycles. The number of benzene rings is 1. The molecule has 0 spiro atoms. The van der Waals surface area contributed by atoms with Gasteiger partial charge in [-0.05, 0) is 32.4 Å². The van der Waals surface area contributed by atoms with Gasteiger partial charge in [0, 0.05) is 13.0 Å². The van der Waals surface area contributed by atoms with Gasteiger partial charge in [0.1, 0.15) is 5.82 Å². The Morgan fingerprint density at radius 3 is 2.76 bits per heavy atom. The molecule has 0 fully saturated rings. The van der Waals surface area contributed by atoms with E-state index in [-0.39, 0.29) is 5.38 Å². The summed E-state index contributed by atoms with van der Waals surface area (Å²) in [4.78, 5) is 8.90. The largest absolute Gasteiger partial charge is 0.339 e. The number of hydrogen-bond donors (Lipinski definition) is 0. The number of halogens is 1. The highest BCUT2D eigenvalue weighted by molar-refractivity contribution is 6.20. The van der Waals surface area contributed by atoms with Crippen molar-refractivity contribution in [1.82, 2.24) is 19.7 Å². The lowest BCUT2D eigenvalue weighted by Gasteiger charge is -2.10. The molecule has 0 aliphatic heterocycles. The molecule has 1 atom stereocenters. The lowest BCUT2D eigenvalue weighted by molar-refractivity contribution is 0.368. The fraction of sp³-hybridized carbons (Fsp3) is 0.400. The highest BCUT2D eigenvalue weighted by Gasteiger charge is 2.16. The number of hydrogen-bond acceptors (Lipinski definition) is 4. The summed E-state index contributed by atoms with van der Waals surface area (Å²) < 4.78 is 7.33. The zero-order valence-electron chi connectivity index (χ0n) is 12.3. The molecule has 1 aromatic carbocycles. The Balaban J connectivity index is 2.00. The molecule has 0 aliphatic rings. The fourth-order valence-electron chi connectivity index (χ4n) is 2.56. The van der Waals surface area contributed by atoms with Crippen LogP contribution in [0.25, 0.3) is 11.0 Å². The van der Waals surface area contributed by atoms with Crippen LogP contribution < -0.4 is 0 Å². The molecule has 110 valence electrons. The number of nitrogens with zero attached hydrogens (tertiary/aromatic N) is 4. The first-order valence-electron chi connectivity index (χ1n) is 6.95. The van der Waals surface area contributed by atoms with Gasteiger partial charge in [-0.3, -0.25) is 0 Å². The lowest BCUT2D eigenvalue weighted by atomic mass is 10.2. The molecule has 0 amide bonds. The van der Waals surface area contributed by atoms with Crippen LogP contribution in [0.15, 0.2) is 22.7 Å². The van der Waals surface area contributed by atoms with E-state index in [9.17, 15) is 0 Å². The average molecular weight is 305 g/mol. The van der Waals surface area contributed by atoms with Crippen LogP contribution in [0.5, 0.6) is 0 Å². The molecule has 0 saturated carbocycles. The van der Waals surface area contributed by atoms with Crippen LogP contribution in [0, 0.1) is 13.8 Å². The molecule has 0 N–H and O–H groups in total. The average Bonchev–Trinajstić information content (AvgIpc) is 3.01. The van der Waals surface area contributed by atoms with Gasteiger partial charge in [-0.2, -0.15) is 4.98 Å². The van der Waals surface area contributed by atoms with E-state index in [1.165, 1.54) is 5.56 Å². The van der Waals surface area contributed by atoms with Crippen molar-refractivity contribution in [2.24, 2.45) is 0 Å². The maximum atomic E-state index is 6.28. The molecule has 6 heteroatoms. The number of fused-ring (bicyclic) bond motifs is 1. The summed E-state index contributed by atoms with van der Waals surface area (Å²) in [5, 5.41) is 3.67. The Morgan fingerprint density at radius 1 is 1.29 bits per heavy atom. The van der Waals surface area contributed by atoms with Crippen LogP contribution in [-0.2, 0) is 13.0 Å². The summed E-state index contributed by atoms with van der Waals surface area (Å²) in [6.45, 7) is 6.55. The van der Waals surface area contributed by atoms with Crippen molar-refractivity contribution in [2.75, 3.05) is 0 Å². The number of alkyl halides is 1. The van der Waals surface area contributed by atoms with Gasteiger partial charge in [-0.1, -0.05) is 17.3 Å². The predicted molar refractivity (Wildman–Crippen MR) is 81.5 cm³/mol. The van der Waals surface area contributed by atoms with Crippen LogP contribution in [0.4, 0.5) is 0 Å². The van der Waals surface area contributed by atoms with Crippen LogP contribution in [-0.4, -0.2) is 19.7 Å². The second-order valence-electron chi connectivity index (χ2n) is 5.17. The van der Waals surface area contributed by atoms with Crippen LogP contribution in [0.1, 0.15) is 35.4 Å². The quantitative estimate of drug-likeness (QED) is 0.691. The van der Waals surface area contributed by atoms with Gasteiger partial charge in [0.15, 0.2) is 5.82 Å². The van der Waals surface area contributed by atoms with E-state index in [0.717, 1.165) is 23.4 Å². The Bertz CT molecular complexity index is 775. The lowest BCUT2D eigenvalue weighted by Crippen LogP contribution is -2.07. The first kappa shape index (κ1) is 14.1. The molecular formula is C15H17ClN4O. The molecule has 0 aliphatic carbocycles. The maximum Gasteiger partial charge on any atom is 0.228 e. The molecular weight excluding hydrogens is 288 g/mol. The van der Waals surface area contributed by atoms with E-state index in [1.54, 1.807) is 0 Å². The number of rotatable bonds is 4. The van der Waals surface area contributed by atoms with Gasteiger partial charge in [-0.25, -0.2) is 4.98 Å². The Kier molecular flexibility index (Phi) is 3.68. The van der Waals surface area contributed by atoms with Crippen molar-refractivity contribution >= 4 is 22.6 Å². The molecule has 3 rings (SSSR count). The smallest absolute Gasteiger partial charge is 0.228 e. The molecule has 0 bridgehead atoms. The minimum absolute atomic E-state index is 0.152. The Morgan fingerprint density at radius 2 is 2.10 bits per heavy atom. The van der Waals surface area contributed by atoms with Crippen molar-refractivity contribution in [2.45, 2.75) is 39.1 Å². The Hall–Kier alpha value is -1.88. The van der Waals surface area contributed by atoms with Crippen molar-refractivity contribution in [3.8, 4) is 0 Å². The van der Waals surface area contributed by atoms with Gasteiger partial charge in [0.05, 0.1) is 16.4 Å². The zero-order chi connectivity index (χ0) is 15.0. The van der Waals surface area contributed by atoms with Crippen molar-refractivity contribution in [3.05, 3.63) is 41.3 Å². The SMILES string of the molecule is Cc1noc(CCn2c(C(C)Cl)nc3cccc(C)c32)n1. The number of imidazole rings is 1. The highest BCUT2D eigenvalue weighted by atomic mass is 35.5. The van der Waals surface area contributed by atoms with Crippen molar-refractivity contribution in [1.29, 1.82) is 0 Å². The van der Waals surface area contributed by atoms with E-state index in [1.807, 2.05) is 26.0 Å². The summed E-state index contributed by atoms with van der Waals surface area (Å²) in [5.41, 5.74) is 3.28. The fourth-order valence-corrected chi connectivity index (χ4v) is 2.73. The molecule has 2 aromatic heterocycles. The van der Waals surface area contributed by atoms with Crippen molar-refractivity contribution < 1.29 is 4.52 Å². The van der Waals surface area contributed by atoms with Gasteiger partial charge in [0.25, 0.3) is 0 Å². The summed E-state index contributed by atoms with van der Waals surface area (Å²) in [7, 11) is 0. The van der Waals surface area contributed by atoms with Gasteiger partial charge >= 0.3 is 0 Å². The maximum absolute atomic E-state index is 6.28. The van der Waals surface area contributed by atoms with E-state index < -0.39 is 0 Å². The number of aryl methyl sites for hydroxylation is 4. The molecule has 0 radical (unpaired) electrons. The third-order valence-corrected chi connectivity index (χ3v) is 3.67. The number of para-hydroxylation sites is 1. The van der Waals surface area contributed by atoms with Gasteiger partial charge in [0.2, 0.25) is 5.89 Å². The van der Waals surface area contributed by atoms with E-state index in [4.69, 9.17) is 16.1 Å². The molecule has 5 nitrogen and oxygen atoms in total. The first-order valence-corrected chi connectivity index (χ1v) is 7.39. The molecule has 21 heavy (non-hydrogen) atoms. The zero-order valence-corrected chi connectivity index (χ0v) is 13.1. The third-order valence-electron chi connectivity index (χ3n) is 3.47. The topological polar surface area (TPSA) is 56.7 Å². The Labute approximate surface area is 127 Å². The summed E-state index contributed by atoms with van der Waals surface area (Å²) in [6.07, 6.45) is 0.664. The second-order valence-corrected chi connectivity index (χ2v) is 5.82. The van der Waals surface area contributed by atoms with Crippen LogP contribution in [0.2, 0.25) is 0 Å². The van der Waals surface area contributed by atoms with Gasteiger partial charge < -0.3 is 9.09 Å². The highest BCUT2D eigenvalue weighted by Crippen LogP contribution is 2.26. The van der Waals surface area contributed by atoms with E-state index in [2.05, 4.69) is 32.7 Å². The summed E-state index contributed by atoms with van der Waals surface area (Å²) in [6, 6.07) is 6.11. The minimum atomic E-state index is -0.152. The van der Waals surface area contributed by atoms with Crippen LogP contribution in [0.3, 0.4) is 0 Å². The minimum Gasteiger partial charge on any atom is -0.339 e. The molecule has 0 saturated heterocycles. The van der Waals surface area contributed by atoms with E-state index in [0.29, 0.717) is 18.1 Å². The monoisotopic (exact) mass is 304 g/mol. The molecule has 3 aromatic rings. The normalized spacial score (nSPS) is 13.0. The standard InChI is InChI=1S/C15H17ClN4O/c1-9-5-4-6-12-14(9)20(15(18-12)10(2)16)8-7-13-17-11(3)19-21-13/h4-6,10H,7-8H2,1-3H3. The second kappa shape index (κ2) is 5.48.